The van der Waals surface area contributed by atoms with Crippen molar-refractivity contribution in [2.45, 2.75) is 13.8 Å². The van der Waals surface area contributed by atoms with E-state index in [1.54, 1.807) is 19.4 Å². The van der Waals surface area contributed by atoms with Crippen molar-refractivity contribution < 1.29 is 9.47 Å². The molecule has 0 aliphatic rings. The Hall–Kier alpha value is -2.44. The molecule has 7 heteroatoms. The molecule has 0 spiro atoms. The summed E-state index contributed by atoms with van der Waals surface area (Å²) in [5.74, 6) is 1.61. The molecule has 0 fully saturated rings. The standard InChI is InChI=1S/C13H17N5O2/c1-4-19-10-6-9(7-15-8-10)11-16-12(14-3)18-13(17-11)20-5-2/h6-8H,4-5H2,1-3H3,(H,14,16,17,18). The van der Waals surface area contributed by atoms with Gasteiger partial charge in [0, 0.05) is 18.8 Å². The second kappa shape index (κ2) is 6.65. The van der Waals surface area contributed by atoms with E-state index >= 15 is 0 Å². The van der Waals surface area contributed by atoms with Gasteiger partial charge in [0.05, 0.1) is 19.4 Å². The van der Waals surface area contributed by atoms with Crippen molar-refractivity contribution >= 4 is 5.95 Å². The average molecular weight is 275 g/mol. The second-order valence-corrected chi connectivity index (χ2v) is 3.79. The highest BCUT2D eigenvalue weighted by atomic mass is 16.5. The predicted molar refractivity (Wildman–Crippen MR) is 74.9 cm³/mol. The number of hydrogen-bond acceptors (Lipinski definition) is 7. The van der Waals surface area contributed by atoms with Crippen LogP contribution in [0.25, 0.3) is 11.4 Å². The highest BCUT2D eigenvalue weighted by Crippen LogP contribution is 2.21. The van der Waals surface area contributed by atoms with Crippen LogP contribution in [-0.2, 0) is 0 Å². The van der Waals surface area contributed by atoms with E-state index in [1.807, 2.05) is 19.9 Å². The Bertz CT molecular complexity index is 576. The molecule has 0 aliphatic heterocycles. The SMILES string of the molecule is CCOc1cncc(-c2nc(NC)nc(OCC)n2)c1. The van der Waals surface area contributed by atoms with E-state index in [1.165, 1.54) is 0 Å². The number of pyridine rings is 1. The van der Waals surface area contributed by atoms with Gasteiger partial charge in [0.1, 0.15) is 5.75 Å². The molecule has 0 amide bonds. The van der Waals surface area contributed by atoms with Crippen molar-refractivity contribution in [1.29, 1.82) is 0 Å². The molecule has 2 heterocycles. The summed E-state index contributed by atoms with van der Waals surface area (Å²) >= 11 is 0. The summed E-state index contributed by atoms with van der Waals surface area (Å²) in [5, 5.41) is 2.88. The minimum Gasteiger partial charge on any atom is -0.492 e. The van der Waals surface area contributed by atoms with Gasteiger partial charge in [-0.1, -0.05) is 0 Å². The molecule has 0 aromatic carbocycles. The van der Waals surface area contributed by atoms with E-state index in [2.05, 4.69) is 25.3 Å². The molecule has 0 atom stereocenters. The van der Waals surface area contributed by atoms with Crippen molar-refractivity contribution in [3.63, 3.8) is 0 Å². The lowest BCUT2D eigenvalue weighted by Crippen LogP contribution is -2.05. The molecule has 1 N–H and O–H groups in total. The van der Waals surface area contributed by atoms with Crippen LogP contribution in [0, 0.1) is 0 Å². The van der Waals surface area contributed by atoms with Gasteiger partial charge in [0.25, 0.3) is 0 Å². The van der Waals surface area contributed by atoms with E-state index in [4.69, 9.17) is 9.47 Å². The molecule has 2 aromatic rings. The van der Waals surface area contributed by atoms with Gasteiger partial charge in [-0.3, -0.25) is 4.98 Å². The van der Waals surface area contributed by atoms with Gasteiger partial charge in [0.15, 0.2) is 5.82 Å². The Labute approximate surface area is 117 Å². The molecule has 0 radical (unpaired) electrons. The highest BCUT2D eigenvalue weighted by Gasteiger charge is 2.10. The average Bonchev–Trinajstić information content (AvgIpc) is 2.48. The fraction of sp³-hybridized carbons (Fsp3) is 0.385. The quantitative estimate of drug-likeness (QED) is 0.860. The molecule has 0 aliphatic carbocycles. The van der Waals surface area contributed by atoms with Gasteiger partial charge in [-0.2, -0.15) is 15.0 Å². The van der Waals surface area contributed by atoms with Gasteiger partial charge in [-0.05, 0) is 19.9 Å². The summed E-state index contributed by atoms with van der Waals surface area (Å²) in [6.07, 6.45) is 3.32. The molecule has 2 rings (SSSR count). The maximum absolute atomic E-state index is 5.42. The zero-order valence-electron chi connectivity index (χ0n) is 11.8. The predicted octanol–water partition coefficient (Wildman–Crippen LogP) is 1.77. The summed E-state index contributed by atoms with van der Waals surface area (Å²) in [7, 11) is 1.74. The first-order chi connectivity index (χ1) is 9.76. The number of ether oxygens (including phenoxy) is 2. The van der Waals surface area contributed by atoms with Crippen LogP contribution in [0.15, 0.2) is 18.5 Å². The molecule has 2 aromatic heterocycles. The van der Waals surface area contributed by atoms with E-state index in [0.717, 1.165) is 5.56 Å². The Balaban J connectivity index is 2.39. The minimum atomic E-state index is 0.281. The first-order valence-electron chi connectivity index (χ1n) is 6.41. The van der Waals surface area contributed by atoms with Crippen LogP contribution in [0.4, 0.5) is 5.95 Å². The van der Waals surface area contributed by atoms with Crippen molar-refractivity contribution in [2.75, 3.05) is 25.6 Å². The molecule has 0 saturated heterocycles. The fourth-order valence-electron chi connectivity index (χ4n) is 1.58. The zero-order chi connectivity index (χ0) is 14.4. The van der Waals surface area contributed by atoms with E-state index in [0.29, 0.717) is 30.7 Å². The maximum Gasteiger partial charge on any atom is 0.321 e. The largest absolute Gasteiger partial charge is 0.492 e. The Morgan fingerprint density at radius 1 is 1.05 bits per heavy atom. The van der Waals surface area contributed by atoms with E-state index in [9.17, 15) is 0 Å². The van der Waals surface area contributed by atoms with Crippen LogP contribution in [0.1, 0.15) is 13.8 Å². The molecule has 7 nitrogen and oxygen atoms in total. The number of anilines is 1. The Kier molecular flexibility index (Phi) is 4.65. The third kappa shape index (κ3) is 3.31. The van der Waals surface area contributed by atoms with Crippen LogP contribution in [-0.4, -0.2) is 40.2 Å². The van der Waals surface area contributed by atoms with E-state index in [-0.39, 0.29) is 6.01 Å². The first kappa shape index (κ1) is 14.0. The number of nitrogens with zero attached hydrogens (tertiary/aromatic N) is 4. The fourth-order valence-corrected chi connectivity index (χ4v) is 1.58. The monoisotopic (exact) mass is 275 g/mol. The molecule has 0 bridgehead atoms. The Morgan fingerprint density at radius 2 is 1.85 bits per heavy atom. The van der Waals surface area contributed by atoms with Crippen molar-refractivity contribution in [2.24, 2.45) is 0 Å². The van der Waals surface area contributed by atoms with Crippen LogP contribution in [0.2, 0.25) is 0 Å². The van der Waals surface area contributed by atoms with Gasteiger partial charge in [-0.25, -0.2) is 0 Å². The Morgan fingerprint density at radius 3 is 2.55 bits per heavy atom. The lowest BCUT2D eigenvalue weighted by atomic mass is 10.2. The van der Waals surface area contributed by atoms with Crippen LogP contribution >= 0.6 is 0 Å². The van der Waals surface area contributed by atoms with Gasteiger partial charge >= 0.3 is 6.01 Å². The van der Waals surface area contributed by atoms with Gasteiger partial charge < -0.3 is 14.8 Å². The third-order valence-electron chi connectivity index (χ3n) is 2.39. The molecule has 106 valence electrons. The maximum atomic E-state index is 5.42. The second-order valence-electron chi connectivity index (χ2n) is 3.79. The third-order valence-corrected chi connectivity index (χ3v) is 2.39. The molecule has 0 saturated carbocycles. The lowest BCUT2D eigenvalue weighted by Gasteiger charge is -2.08. The number of aromatic nitrogens is 4. The van der Waals surface area contributed by atoms with Crippen LogP contribution in [0.5, 0.6) is 11.8 Å². The number of rotatable bonds is 6. The summed E-state index contributed by atoms with van der Waals surface area (Å²) in [6, 6.07) is 2.12. The lowest BCUT2D eigenvalue weighted by molar-refractivity contribution is 0.312. The van der Waals surface area contributed by atoms with Crippen LogP contribution in [0.3, 0.4) is 0 Å². The number of hydrogen-bond donors (Lipinski definition) is 1. The zero-order valence-corrected chi connectivity index (χ0v) is 11.8. The van der Waals surface area contributed by atoms with Gasteiger partial charge in [0.2, 0.25) is 5.95 Å². The highest BCUT2D eigenvalue weighted by molar-refractivity contribution is 5.57. The summed E-state index contributed by atoms with van der Waals surface area (Å²) in [4.78, 5) is 16.8. The summed E-state index contributed by atoms with van der Waals surface area (Å²) < 4.78 is 10.8. The first-order valence-corrected chi connectivity index (χ1v) is 6.41. The minimum absolute atomic E-state index is 0.281. The van der Waals surface area contributed by atoms with Crippen molar-refractivity contribution in [3.8, 4) is 23.1 Å². The molecule has 20 heavy (non-hydrogen) atoms. The summed E-state index contributed by atoms with van der Waals surface area (Å²) in [5.41, 5.74) is 0.746. The summed E-state index contributed by atoms with van der Waals surface area (Å²) in [6.45, 7) is 4.86. The van der Waals surface area contributed by atoms with Crippen molar-refractivity contribution in [3.05, 3.63) is 18.5 Å². The molecular formula is C13H17N5O2. The smallest absolute Gasteiger partial charge is 0.321 e. The topological polar surface area (TPSA) is 82.1 Å². The van der Waals surface area contributed by atoms with Crippen LogP contribution < -0.4 is 14.8 Å². The number of nitrogens with one attached hydrogen (secondary N) is 1. The van der Waals surface area contributed by atoms with Crippen molar-refractivity contribution in [1.82, 2.24) is 19.9 Å². The molecular weight excluding hydrogens is 258 g/mol. The normalized spacial score (nSPS) is 10.2. The van der Waals surface area contributed by atoms with Gasteiger partial charge in [-0.15, -0.1) is 0 Å². The molecule has 0 unspecified atom stereocenters. The van der Waals surface area contributed by atoms with E-state index < -0.39 is 0 Å².